The fourth-order valence-electron chi connectivity index (χ4n) is 4.15. The number of hydrogen-bond donors (Lipinski definition) is 1. The van der Waals surface area contributed by atoms with Crippen molar-refractivity contribution in [3.05, 3.63) is 0 Å². The Kier molecular flexibility index (Phi) is 5.26. The van der Waals surface area contributed by atoms with Crippen molar-refractivity contribution in [2.75, 3.05) is 32.7 Å². The van der Waals surface area contributed by atoms with E-state index in [-0.39, 0.29) is 17.9 Å². The van der Waals surface area contributed by atoms with Crippen LogP contribution in [0.1, 0.15) is 44.9 Å². The molecular formula is C17H27N3O4. The van der Waals surface area contributed by atoms with Crippen molar-refractivity contribution in [3.8, 4) is 0 Å². The Hall–Kier alpha value is -1.79. The zero-order chi connectivity index (χ0) is 17.1. The number of carboxylic acids is 1. The van der Waals surface area contributed by atoms with Crippen LogP contribution in [0, 0.1) is 5.92 Å². The van der Waals surface area contributed by atoms with Crippen LogP contribution in [-0.4, -0.2) is 76.5 Å². The number of carboxylic acid groups (broad SMARTS) is 1. The molecule has 134 valence electrons. The van der Waals surface area contributed by atoms with E-state index in [2.05, 4.69) is 0 Å². The summed E-state index contributed by atoms with van der Waals surface area (Å²) >= 11 is 0. The maximum Gasteiger partial charge on any atom is 0.326 e. The summed E-state index contributed by atoms with van der Waals surface area (Å²) in [6.07, 6.45) is 5.90. The minimum absolute atomic E-state index is 0.0402. The van der Waals surface area contributed by atoms with Gasteiger partial charge in [-0.1, -0.05) is 0 Å². The first-order chi connectivity index (χ1) is 11.6. The number of carbonyl (C=O) groups excluding carboxylic acids is 2. The Morgan fingerprint density at radius 2 is 1.46 bits per heavy atom. The average molecular weight is 337 g/mol. The molecule has 3 amide bonds. The standard InChI is InChI=1S/C17H27N3O4/c21-15(20-11-2-1-7-14(20)16(22)23)13-6-5-10-19(12-13)17(24)18-8-3-4-9-18/h13-14H,1-12H2,(H,22,23)/t13?,14-/m1/s1. The number of nitrogens with zero attached hydrogens (tertiary/aromatic N) is 3. The first kappa shape index (κ1) is 17.0. The number of likely N-dealkylation sites (tertiary alicyclic amines) is 3. The summed E-state index contributed by atoms with van der Waals surface area (Å²) in [4.78, 5) is 42.1. The lowest BCUT2D eigenvalue weighted by molar-refractivity contribution is -0.154. The van der Waals surface area contributed by atoms with Crippen molar-refractivity contribution in [1.82, 2.24) is 14.7 Å². The third kappa shape index (κ3) is 3.49. The fraction of sp³-hybridized carbons (Fsp3) is 0.824. The Labute approximate surface area is 142 Å². The minimum Gasteiger partial charge on any atom is -0.480 e. The first-order valence-corrected chi connectivity index (χ1v) is 9.15. The van der Waals surface area contributed by atoms with E-state index in [9.17, 15) is 19.5 Å². The van der Waals surface area contributed by atoms with Gasteiger partial charge < -0.3 is 19.8 Å². The topological polar surface area (TPSA) is 81.2 Å². The molecule has 3 heterocycles. The summed E-state index contributed by atoms with van der Waals surface area (Å²) in [6.45, 7) is 3.26. The highest BCUT2D eigenvalue weighted by molar-refractivity contribution is 5.86. The second-order valence-electron chi connectivity index (χ2n) is 7.14. The second kappa shape index (κ2) is 7.40. The summed E-state index contributed by atoms with van der Waals surface area (Å²) in [6, 6.07) is -0.658. The molecule has 0 aromatic rings. The van der Waals surface area contributed by atoms with Crippen LogP contribution in [-0.2, 0) is 9.59 Å². The molecule has 3 aliphatic heterocycles. The highest BCUT2D eigenvalue weighted by Gasteiger charge is 2.38. The van der Waals surface area contributed by atoms with Gasteiger partial charge in [-0.2, -0.15) is 0 Å². The fourth-order valence-corrected chi connectivity index (χ4v) is 4.15. The van der Waals surface area contributed by atoms with Gasteiger partial charge in [-0.3, -0.25) is 4.79 Å². The number of urea groups is 1. The largest absolute Gasteiger partial charge is 0.480 e. The normalized spacial score (nSPS) is 28.1. The molecule has 24 heavy (non-hydrogen) atoms. The van der Waals surface area contributed by atoms with Crippen molar-refractivity contribution in [3.63, 3.8) is 0 Å². The van der Waals surface area contributed by atoms with Gasteiger partial charge in [0.1, 0.15) is 6.04 Å². The van der Waals surface area contributed by atoms with Crippen molar-refractivity contribution < 1.29 is 19.5 Å². The summed E-state index contributed by atoms with van der Waals surface area (Å²) in [5.41, 5.74) is 0. The van der Waals surface area contributed by atoms with E-state index < -0.39 is 12.0 Å². The Balaban J connectivity index is 1.63. The first-order valence-electron chi connectivity index (χ1n) is 9.15. The molecule has 0 bridgehead atoms. The zero-order valence-corrected chi connectivity index (χ0v) is 14.2. The van der Waals surface area contributed by atoms with Crippen LogP contribution in [0.5, 0.6) is 0 Å². The zero-order valence-electron chi connectivity index (χ0n) is 14.2. The Morgan fingerprint density at radius 1 is 0.792 bits per heavy atom. The van der Waals surface area contributed by atoms with Gasteiger partial charge in [0.05, 0.1) is 5.92 Å². The monoisotopic (exact) mass is 337 g/mol. The molecule has 0 spiro atoms. The molecule has 0 aliphatic carbocycles. The van der Waals surface area contributed by atoms with Crippen molar-refractivity contribution in [2.24, 2.45) is 5.92 Å². The van der Waals surface area contributed by atoms with Crippen LogP contribution in [0.3, 0.4) is 0 Å². The highest BCUT2D eigenvalue weighted by atomic mass is 16.4. The number of carbonyl (C=O) groups is 3. The van der Waals surface area contributed by atoms with Crippen molar-refractivity contribution >= 4 is 17.9 Å². The lowest BCUT2D eigenvalue weighted by Gasteiger charge is -2.39. The van der Waals surface area contributed by atoms with E-state index in [4.69, 9.17) is 0 Å². The molecular weight excluding hydrogens is 310 g/mol. The van der Waals surface area contributed by atoms with Gasteiger partial charge in [-0.25, -0.2) is 9.59 Å². The van der Waals surface area contributed by atoms with E-state index in [0.29, 0.717) is 26.1 Å². The van der Waals surface area contributed by atoms with Gasteiger partial charge in [-0.05, 0) is 44.9 Å². The maximum absolute atomic E-state index is 12.9. The third-order valence-corrected chi connectivity index (χ3v) is 5.49. The third-order valence-electron chi connectivity index (χ3n) is 5.49. The average Bonchev–Trinajstić information content (AvgIpc) is 3.15. The quantitative estimate of drug-likeness (QED) is 0.825. The molecule has 3 aliphatic rings. The maximum atomic E-state index is 12.9. The van der Waals surface area contributed by atoms with Gasteiger partial charge in [0, 0.05) is 32.7 Å². The molecule has 1 unspecified atom stereocenters. The van der Waals surface area contributed by atoms with Crippen LogP contribution in [0.4, 0.5) is 4.79 Å². The molecule has 0 saturated carbocycles. The lowest BCUT2D eigenvalue weighted by atomic mass is 9.93. The van der Waals surface area contributed by atoms with Crippen LogP contribution >= 0.6 is 0 Å². The van der Waals surface area contributed by atoms with E-state index >= 15 is 0 Å². The Bertz CT molecular complexity index is 504. The van der Waals surface area contributed by atoms with Crippen LogP contribution in [0.15, 0.2) is 0 Å². The molecule has 0 radical (unpaired) electrons. The predicted molar refractivity (Wildman–Crippen MR) is 87.5 cm³/mol. The molecule has 7 nitrogen and oxygen atoms in total. The number of piperidine rings is 2. The van der Waals surface area contributed by atoms with Crippen molar-refractivity contribution in [1.29, 1.82) is 0 Å². The minimum atomic E-state index is -0.913. The molecule has 0 aromatic carbocycles. The van der Waals surface area contributed by atoms with Gasteiger partial charge in [0.25, 0.3) is 0 Å². The molecule has 3 saturated heterocycles. The number of amides is 3. The van der Waals surface area contributed by atoms with Crippen LogP contribution in [0.25, 0.3) is 0 Å². The van der Waals surface area contributed by atoms with Gasteiger partial charge in [0.15, 0.2) is 0 Å². The number of aliphatic carboxylic acids is 1. The number of rotatable bonds is 2. The van der Waals surface area contributed by atoms with E-state index in [1.165, 1.54) is 0 Å². The molecule has 3 rings (SSSR count). The second-order valence-corrected chi connectivity index (χ2v) is 7.14. The van der Waals surface area contributed by atoms with Crippen LogP contribution in [0.2, 0.25) is 0 Å². The predicted octanol–water partition coefficient (Wildman–Crippen LogP) is 1.38. The van der Waals surface area contributed by atoms with Gasteiger partial charge in [0.2, 0.25) is 5.91 Å². The van der Waals surface area contributed by atoms with Crippen molar-refractivity contribution in [2.45, 2.75) is 51.0 Å². The van der Waals surface area contributed by atoms with E-state index in [1.807, 2.05) is 4.90 Å². The molecule has 1 N–H and O–H groups in total. The Morgan fingerprint density at radius 3 is 2.17 bits per heavy atom. The molecule has 3 fully saturated rings. The van der Waals surface area contributed by atoms with E-state index in [0.717, 1.165) is 51.6 Å². The van der Waals surface area contributed by atoms with E-state index in [1.54, 1.807) is 9.80 Å². The summed E-state index contributed by atoms with van der Waals surface area (Å²) < 4.78 is 0. The lowest BCUT2D eigenvalue weighted by Crippen LogP contribution is -2.54. The van der Waals surface area contributed by atoms with Crippen LogP contribution < -0.4 is 0 Å². The summed E-state index contributed by atoms with van der Waals surface area (Å²) in [7, 11) is 0. The van der Waals surface area contributed by atoms with Gasteiger partial charge in [-0.15, -0.1) is 0 Å². The molecule has 2 atom stereocenters. The smallest absolute Gasteiger partial charge is 0.326 e. The summed E-state index contributed by atoms with van der Waals surface area (Å²) in [5.74, 6) is -1.25. The van der Waals surface area contributed by atoms with Gasteiger partial charge >= 0.3 is 12.0 Å². The molecule has 0 aromatic heterocycles. The highest BCUT2D eigenvalue weighted by Crippen LogP contribution is 2.25. The summed E-state index contributed by atoms with van der Waals surface area (Å²) in [5, 5.41) is 9.37. The number of hydrogen-bond acceptors (Lipinski definition) is 3. The molecule has 7 heteroatoms. The SMILES string of the molecule is O=C(O)[C@H]1CCCCN1C(=O)C1CCCN(C(=O)N2CCCC2)C1.